The average Bonchev–Trinajstić information content (AvgIpc) is 2.09. The Morgan fingerprint density at radius 1 is 0.688 bits per heavy atom. The Bertz CT molecular complexity index is 285. The van der Waals surface area contributed by atoms with E-state index in [0.717, 1.165) is 0 Å². The molecule has 90 valence electrons. The van der Waals surface area contributed by atoms with Gasteiger partial charge in [0.1, 0.15) is 23.1 Å². The zero-order valence-electron chi connectivity index (χ0n) is 10.2. The lowest BCUT2D eigenvalue weighted by Crippen LogP contribution is -2.30. The lowest BCUT2D eigenvalue weighted by molar-refractivity contribution is -0.135. The molecule has 0 aromatic carbocycles. The van der Waals surface area contributed by atoms with Gasteiger partial charge in [-0.3, -0.25) is 9.59 Å². The van der Waals surface area contributed by atoms with E-state index in [0.29, 0.717) is 0 Å². The van der Waals surface area contributed by atoms with Gasteiger partial charge in [0.2, 0.25) is 0 Å². The van der Waals surface area contributed by atoms with Crippen molar-refractivity contribution < 1.29 is 19.2 Å². The monoisotopic (exact) mass is 226 g/mol. The minimum atomic E-state index is -0.654. The fourth-order valence-corrected chi connectivity index (χ4v) is 1.76. The Kier molecular flexibility index (Phi) is 5.78. The Balaban J connectivity index is 4.93. The van der Waals surface area contributed by atoms with Gasteiger partial charge in [-0.05, 0) is 27.7 Å². The van der Waals surface area contributed by atoms with Crippen molar-refractivity contribution in [3.8, 4) is 0 Å². The number of carbonyl (C=O) groups is 4. The SMILES string of the molecule is CC(=O)CC(C(C)=O)C(CC(C)=O)C(C)=O. The van der Waals surface area contributed by atoms with Crippen LogP contribution < -0.4 is 0 Å². The second-order valence-corrected chi connectivity index (χ2v) is 4.25. The van der Waals surface area contributed by atoms with Crippen molar-refractivity contribution in [2.75, 3.05) is 0 Å². The lowest BCUT2D eigenvalue weighted by atomic mass is 9.80. The van der Waals surface area contributed by atoms with Crippen molar-refractivity contribution >= 4 is 23.1 Å². The quantitative estimate of drug-likeness (QED) is 0.657. The summed E-state index contributed by atoms with van der Waals surface area (Å²) < 4.78 is 0. The zero-order valence-corrected chi connectivity index (χ0v) is 10.2. The van der Waals surface area contributed by atoms with Gasteiger partial charge in [-0.25, -0.2) is 0 Å². The van der Waals surface area contributed by atoms with Gasteiger partial charge in [-0.1, -0.05) is 0 Å². The predicted octanol–water partition coefficient (Wildman–Crippen LogP) is 1.35. The van der Waals surface area contributed by atoms with Gasteiger partial charge in [0.15, 0.2) is 0 Å². The van der Waals surface area contributed by atoms with Crippen LogP contribution in [0.4, 0.5) is 0 Å². The van der Waals surface area contributed by atoms with E-state index < -0.39 is 11.8 Å². The highest BCUT2D eigenvalue weighted by Gasteiger charge is 2.31. The van der Waals surface area contributed by atoms with Crippen LogP contribution in [0.15, 0.2) is 0 Å². The maximum atomic E-state index is 11.4. The van der Waals surface area contributed by atoms with E-state index in [1.165, 1.54) is 27.7 Å². The summed E-state index contributed by atoms with van der Waals surface area (Å²) >= 11 is 0. The van der Waals surface area contributed by atoms with Crippen molar-refractivity contribution in [3.05, 3.63) is 0 Å². The molecule has 4 nitrogen and oxygen atoms in total. The minimum absolute atomic E-state index is 0.0346. The summed E-state index contributed by atoms with van der Waals surface area (Å²) in [6, 6.07) is 0. The summed E-state index contributed by atoms with van der Waals surface area (Å²) in [7, 11) is 0. The summed E-state index contributed by atoms with van der Waals surface area (Å²) in [6.45, 7) is 5.45. The summed E-state index contributed by atoms with van der Waals surface area (Å²) in [5, 5.41) is 0. The van der Waals surface area contributed by atoms with E-state index in [9.17, 15) is 19.2 Å². The summed E-state index contributed by atoms with van der Waals surface area (Å²) in [5.74, 6) is -2.02. The third-order valence-electron chi connectivity index (χ3n) is 2.54. The Morgan fingerprint density at radius 2 is 0.938 bits per heavy atom. The van der Waals surface area contributed by atoms with E-state index >= 15 is 0 Å². The predicted molar refractivity (Wildman–Crippen MR) is 58.9 cm³/mol. The molecule has 2 unspecified atom stereocenters. The van der Waals surface area contributed by atoms with Crippen LogP contribution in [0.2, 0.25) is 0 Å². The van der Waals surface area contributed by atoms with Crippen LogP contribution in [0.3, 0.4) is 0 Å². The highest BCUT2D eigenvalue weighted by atomic mass is 16.1. The van der Waals surface area contributed by atoms with Crippen LogP contribution in [-0.2, 0) is 19.2 Å². The van der Waals surface area contributed by atoms with Crippen LogP contribution in [-0.4, -0.2) is 23.1 Å². The van der Waals surface area contributed by atoms with Crippen molar-refractivity contribution in [1.82, 2.24) is 0 Å². The first kappa shape index (κ1) is 14.7. The summed E-state index contributed by atoms with van der Waals surface area (Å²) in [4.78, 5) is 44.8. The second-order valence-electron chi connectivity index (χ2n) is 4.25. The maximum absolute atomic E-state index is 11.4. The van der Waals surface area contributed by atoms with Gasteiger partial charge in [-0.2, -0.15) is 0 Å². The molecule has 0 heterocycles. The molecule has 0 aliphatic carbocycles. The van der Waals surface area contributed by atoms with Gasteiger partial charge in [0, 0.05) is 24.7 Å². The number of Topliss-reactive ketones (excluding diaryl/α,β-unsaturated/α-hetero) is 4. The Labute approximate surface area is 95.4 Å². The first-order valence-corrected chi connectivity index (χ1v) is 5.25. The molecule has 0 aromatic rings. The van der Waals surface area contributed by atoms with E-state index in [-0.39, 0.29) is 36.0 Å². The molecule has 0 saturated carbocycles. The highest BCUT2D eigenvalue weighted by Crippen LogP contribution is 2.22. The van der Waals surface area contributed by atoms with Crippen molar-refractivity contribution in [3.63, 3.8) is 0 Å². The molecule has 16 heavy (non-hydrogen) atoms. The van der Waals surface area contributed by atoms with E-state index in [2.05, 4.69) is 0 Å². The maximum Gasteiger partial charge on any atom is 0.134 e. The number of hydrogen-bond acceptors (Lipinski definition) is 4. The van der Waals surface area contributed by atoms with Gasteiger partial charge in [-0.15, -0.1) is 0 Å². The number of hydrogen-bond donors (Lipinski definition) is 0. The van der Waals surface area contributed by atoms with Crippen LogP contribution in [0.25, 0.3) is 0 Å². The van der Waals surface area contributed by atoms with Crippen LogP contribution in [0, 0.1) is 11.8 Å². The van der Waals surface area contributed by atoms with E-state index in [1.54, 1.807) is 0 Å². The Morgan fingerprint density at radius 3 is 1.06 bits per heavy atom. The molecule has 0 amide bonds. The number of rotatable bonds is 7. The van der Waals surface area contributed by atoms with Crippen molar-refractivity contribution in [1.29, 1.82) is 0 Å². The van der Waals surface area contributed by atoms with Gasteiger partial charge in [0.25, 0.3) is 0 Å². The average molecular weight is 226 g/mol. The molecule has 0 aliphatic heterocycles. The molecular formula is C12H18O4. The molecule has 4 heteroatoms. The van der Waals surface area contributed by atoms with Gasteiger partial charge in [0.05, 0.1) is 0 Å². The molecule has 0 aromatic heterocycles. The van der Waals surface area contributed by atoms with Gasteiger partial charge < -0.3 is 9.59 Å². The summed E-state index contributed by atoms with van der Waals surface area (Å²) in [5.41, 5.74) is 0. The second kappa shape index (κ2) is 6.30. The molecule has 0 aliphatic rings. The molecule has 0 spiro atoms. The highest BCUT2D eigenvalue weighted by molar-refractivity contribution is 5.93. The fourth-order valence-electron chi connectivity index (χ4n) is 1.76. The third-order valence-corrected chi connectivity index (χ3v) is 2.54. The first-order chi connectivity index (χ1) is 7.25. The largest absolute Gasteiger partial charge is 0.300 e. The normalized spacial score (nSPS) is 14.0. The molecule has 0 N–H and O–H groups in total. The zero-order chi connectivity index (χ0) is 12.9. The van der Waals surface area contributed by atoms with Crippen LogP contribution in [0.1, 0.15) is 40.5 Å². The molecule has 2 atom stereocenters. The third kappa shape index (κ3) is 4.96. The standard InChI is InChI=1S/C12H18O4/c1-7(13)5-11(9(3)15)12(10(4)16)6-8(2)14/h11-12H,5-6H2,1-4H3. The van der Waals surface area contributed by atoms with Crippen LogP contribution >= 0.6 is 0 Å². The molecule has 0 radical (unpaired) electrons. The van der Waals surface area contributed by atoms with Crippen molar-refractivity contribution in [2.24, 2.45) is 11.8 Å². The molecule has 0 bridgehead atoms. The molecule has 0 saturated heterocycles. The van der Waals surface area contributed by atoms with Crippen molar-refractivity contribution in [2.45, 2.75) is 40.5 Å². The first-order valence-electron chi connectivity index (χ1n) is 5.25. The molecule has 0 rings (SSSR count). The van der Waals surface area contributed by atoms with E-state index in [4.69, 9.17) is 0 Å². The molecular weight excluding hydrogens is 208 g/mol. The smallest absolute Gasteiger partial charge is 0.134 e. The van der Waals surface area contributed by atoms with Crippen LogP contribution in [0.5, 0.6) is 0 Å². The topological polar surface area (TPSA) is 68.3 Å². The number of carbonyl (C=O) groups excluding carboxylic acids is 4. The Hall–Kier alpha value is -1.32. The molecule has 0 fully saturated rings. The van der Waals surface area contributed by atoms with Gasteiger partial charge >= 0.3 is 0 Å². The summed E-state index contributed by atoms with van der Waals surface area (Å²) in [6.07, 6.45) is 0.0692. The fraction of sp³-hybridized carbons (Fsp3) is 0.667. The number of ketones is 4. The lowest BCUT2D eigenvalue weighted by Gasteiger charge is -2.20. The van der Waals surface area contributed by atoms with E-state index in [1.807, 2.05) is 0 Å². The minimum Gasteiger partial charge on any atom is -0.300 e.